The minimum Gasteiger partial charge on any atom is -0.457 e. The second-order valence-corrected chi connectivity index (χ2v) is 18.0. The highest BCUT2D eigenvalue weighted by Crippen LogP contribution is 2.47. The molecule has 1 saturated carbocycles. The molecule has 1 fully saturated rings. The molecule has 0 aromatic heterocycles. The van der Waals surface area contributed by atoms with Gasteiger partial charge in [0.2, 0.25) is 0 Å². The fraction of sp³-hybridized carbons (Fsp3) is 0.933. The first kappa shape index (κ1) is 55.1. The Labute approximate surface area is 352 Å². The molecule has 0 saturated heterocycles. The first-order chi connectivity index (χ1) is 28.0. The summed E-state index contributed by atoms with van der Waals surface area (Å²) in [6.07, 6.45) is 27.0. The number of phosphoric acid groups is 1. The van der Waals surface area contributed by atoms with Crippen LogP contribution in [0.5, 0.6) is 0 Å². The number of ether oxygens (including phenoxy) is 2. The molecule has 0 radical (unpaired) electrons. The first-order valence-electron chi connectivity index (χ1n) is 23.5. The van der Waals surface area contributed by atoms with E-state index < -0.39 is 63.1 Å². The molecule has 0 bridgehead atoms. The predicted molar refractivity (Wildman–Crippen MR) is 230 cm³/mol. The van der Waals surface area contributed by atoms with Crippen molar-refractivity contribution in [2.75, 3.05) is 19.8 Å². The summed E-state index contributed by atoms with van der Waals surface area (Å²) in [5, 5.41) is 50.2. The third-order valence-corrected chi connectivity index (χ3v) is 12.1. The van der Waals surface area contributed by atoms with Crippen LogP contribution < -0.4 is 0 Å². The van der Waals surface area contributed by atoms with E-state index in [1.54, 1.807) is 0 Å². The zero-order chi connectivity index (χ0) is 42.7. The van der Waals surface area contributed by atoms with Crippen molar-refractivity contribution in [2.45, 2.75) is 249 Å². The van der Waals surface area contributed by atoms with Gasteiger partial charge in [0.15, 0.2) is 0 Å². The minimum absolute atomic E-state index is 0.0743. The summed E-state index contributed by atoms with van der Waals surface area (Å²) in [4.78, 5) is 23.1. The van der Waals surface area contributed by atoms with Crippen LogP contribution in [0.25, 0.3) is 0 Å². The Morgan fingerprint density at radius 2 is 0.914 bits per heavy atom. The van der Waals surface area contributed by atoms with Crippen LogP contribution in [0.3, 0.4) is 0 Å². The van der Waals surface area contributed by atoms with Crippen molar-refractivity contribution in [3.8, 4) is 0 Å². The standard InChI is InChI=1S/C45H87O12P/c1-3-5-7-9-11-13-15-17-19-21-23-25-27-29-31-33-35-54-36-38(37-55-58(52,53)57-45-43(50)41(48)40(47)42(49)44(45)51)56-39(46)34-32-30-28-26-24-22-20-18-16-14-12-10-8-6-4-2/h18,20,38,40-45,47-51H,3-17,19,21-37H2,1-2H3,(H,52,53)/b20-18-/t38-,40?,41-,42?,43?,44?,45?/m1/s1. The van der Waals surface area contributed by atoms with Gasteiger partial charge in [-0.2, -0.15) is 0 Å². The lowest BCUT2D eigenvalue weighted by Crippen LogP contribution is -2.64. The highest BCUT2D eigenvalue weighted by atomic mass is 31.2. The van der Waals surface area contributed by atoms with Crippen LogP contribution in [0.2, 0.25) is 0 Å². The number of carbonyl (C=O) groups excluding carboxylic acids is 1. The molecule has 0 aromatic carbocycles. The molecule has 6 N–H and O–H groups in total. The maximum atomic E-state index is 12.8. The van der Waals surface area contributed by atoms with Gasteiger partial charge in [0.05, 0.1) is 13.2 Å². The Morgan fingerprint density at radius 1 is 0.534 bits per heavy atom. The smallest absolute Gasteiger partial charge is 0.457 e. The molecule has 13 heteroatoms. The molecule has 0 amide bonds. The van der Waals surface area contributed by atoms with Gasteiger partial charge < -0.3 is 39.9 Å². The minimum atomic E-state index is -5.01. The fourth-order valence-corrected chi connectivity index (χ4v) is 8.32. The molecule has 0 spiro atoms. The SMILES string of the molecule is CCCCCCCC/C=C\CCCCCCCC(=O)O[C@H](COCCCCCCCCCCCCCCCCCC)COP(=O)(O)OC1C(O)C(O)C(O)[C@@H](O)C1O. The van der Waals surface area contributed by atoms with E-state index in [2.05, 4.69) is 26.0 Å². The van der Waals surface area contributed by atoms with Gasteiger partial charge in [0.25, 0.3) is 0 Å². The molecule has 344 valence electrons. The summed E-state index contributed by atoms with van der Waals surface area (Å²) in [6.45, 7) is 4.27. The van der Waals surface area contributed by atoms with Crippen molar-refractivity contribution < 1.29 is 58.3 Å². The van der Waals surface area contributed by atoms with E-state index in [0.29, 0.717) is 13.0 Å². The van der Waals surface area contributed by atoms with E-state index >= 15 is 0 Å². The van der Waals surface area contributed by atoms with Gasteiger partial charge in [0, 0.05) is 13.0 Å². The van der Waals surface area contributed by atoms with Crippen molar-refractivity contribution in [3.05, 3.63) is 12.2 Å². The maximum absolute atomic E-state index is 12.8. The molecule has 8 atom stereocenters. The third kappa shape index (κ3) is 28.6. The van der Waals surface area contributed by atoms with Crippen molar-refractivity contribution >= 4 is 13.8 Å². The molecular formula is C45H87O12P. The lowest BCUT2D eigenvalue weighted by Gasteiger charge is -2.41. The highest BCUT2D eigenvalue weighted by molar-refractivity contribution is 7.47. The number of hydrogen-bond donors (Lipinski definition) is 6. The molecule has 0 aromatic rings. The van der Waals surface area contributed by atoms with Crippen LogP contribution in [-0.2, 0) is 27.9 Å². The van der Waals surface area contributed by atoms with Crippen molar-refractivity contribution in [3.63, 3.8) is 0 Å². The number of carbonyl (C=O) groups is 1. The van der Waals surface area contributed by atoms with E-state index in [4.69, 9.17) is 18.5 Å². The first-order valence-corrected chi connectivity index (χ1v) is 25.0. The van der Waals surface area contributed by atoms with Crippen LogP contribution >= 0.6 is 7.82 Å². The average Bonchev–Trinajstić information content (AvgIpc) is 3.21. The number of aliphatic hydroxyl groups is 5. The third-order valence-electron chi connectivity index (χ3n) is 11.1. The van der Waals surface area contributed by atoms with Crippen molar-refractivity contribution in [1.82, 2.24) is 0 Å². The van der Waals surface area contributed by atoms with E-state index in [-0.39, 0.29) is 13.0 Å². The quantitative estimate of drug-likeness (QED) is 0.0148. The summed E-state index contributed by atoms with van der Waals surface area (Å²) in [5.74, 6) is -0.482. The molecular weight excluding hydrogens is 763 g/mol. The van der Waals surface area contributed by atoms with Gasteiger partial charge in [-0.05, 0) is 38.5 Å². The topological polar surface area (TPSA) is 192 Å². The number of hydrogen-bond acceptors (Lipinski definition) is 11. The van der Waals surface area contributed by atoms with E-state index in [0.717, 1.165) is 57.8 Å². The van der Waals surface area contributed by atoms with Crippen LogP contribution in [0.15, 0.2) is 12.2 Å². The van der Waals surface area contributed by atoms with Gasteiger partial charge >= 0.3 is 13.8 Å². The monoisotopic (exact) mass is 851 g/mol. The van der Waals surface area contributed by atoms with Crippen LogP contribution in [0.1, 0.15) is 206 Å². The van der Waals surface area contributed by atoms with Gasteiger partial charge in [-0.15, -0.1) is 0 Å². The summed E-state index contributed by atoms with van der Waals surface area (Å²) in [5.41, 5.74) is 0. The van der Waals surface area contributed by atoms with Crippen LogP contribution in [0.4, 0.5) is 0 Å². The molecule has 0 heterocycles. The van der Waals surface area contributed by atoms with Crippen LogP contribution in [0, 0.1) is 0 Å². The van der Waals surface area contributed by atoms with Crippen LogP contribution in [-0.4, -0.2) is 98.9 Å². The predicted octanol–water partition coefficient (Wildman–Crippen LogP) is 9.53. The second-order valence-electron chi connectivity index (χ2n) is 16.6. The second kappa shape index (κ2) is 36.7. The number of esters is 1. The lowest BCUT2D eigenvalue weighted by molar-refractivity contribution is -0.220. The fourth-order valence-electron chi connectivity index (χ4n) is 7.35. The zero-order valence-corrected chi connectivity index (χ0v) is 37.5. The Balaban J connectivity index is 2.39. The summed E-state index contributed by atoms with van der Waals surface area (Å²) in [6, 6.07) is 0. The number of phosphoric ester groups is 1. The average molecular weight is 851 g/mol. The van der Waals surface area contributed by atoms with Crippen molar-refractivity contribution in [1.29, 1.82) is 0 Å². The Morgan fingerprint density at radius 3 is 1.36 bits per heavy atom. The number of unbranched alkanes of at least 4 members (excludes halogenated alkanes) is 26. The molecule has 1 aliphatic rings. The van der Waals surface area contributed by atoms with Gasteiger partial charge in [0.1, 0.15) is 42.7 Å². The molecule has 12 nitrogen and oxygen atoms in total. The number of aliphatic hydroxyl groups excluding tert-OH is 5. The van der Waals surface area contributed by atoms with E-state index in [1.807, 2.05) is 0 Å². The van der Waals surface area contributed by atoms with E-state index in [9.17, 15) is 39.8 Å². The van der Waals surface area contributed by atoms with Crippen molar-refractivity contribution in [2.24, 2.45) is 0 Å². The lowest BCUT2D eigenvalue weighted by atomic mass is 9.85. The zero-order valence-electron chi connectivity index (χ0n) is 36.6. The Kier molecular flexibility index (Phi) is 34.9. The normalized spacial score (nSPS) is 22.7. The van der Waals surface area contributed by atoms with Gasteiger partial charge in [-0.3, -0.25) is 13.8 Å². The molecule has 1 aliphatic carbocycles. The molecule has 6 unspecified atom stereocenters. The highest BCUT2D eigenvalue weighted by Gasteiger charge is 2.51. The summed E-state index contributed by atoms with van der Waals surface area (Å²) >= 11 is 0. The Bertz CT molecular complexity index is 1020. The number of rotatable bonds is 40. The van der Waals surface area contributed by atoms with E-state index in [1.165, 1.54) is 122 Å². The summed E-state index contributed by atoms with van der Waals surface area (Å²) in [7, 11) is -5.01. The van der Waals surface area contributed by atoms with Gasteiger partial charge in [-0.1, -0.05) is 174 Å². The van der Waals surface area contributed by atoms with Gasteiger partial charge in [-0.25, -0.2) is 4.57 Å². The molecule has 1 rings (SSSR count). The largest absolute Gasteiger partial charge is 0.472 e. The number of allylic oxidation sites excluding steroid dienone is 2. The Hall–Kier alpha value is -0.920. The molecule has 0 aliphatic heterocycles. The summed E-state index contributed by atoms with van der Waals surface area (Å²) < 4.78 is 34.2. The molecule has 58 heavy (non-hydrogen) atoms. The maximum Gasteiger partial charge on any atom is 0.472 e.